The number of hydrogen-bond donors (Lipinski definition) is 1. The summed E-state index contributed by atoms with van der Waals surface area (Å²) < 4.78 is 84.0. The molecule has 0 fully saturated rings. The molecule has 0 saturated carbocycles. The van der Waals surface area contributed by atoms with Gasteiger partial charge in [-0.1, -0.05) is 0 Å². The first-order valence-corrected chi connectivity index (χ1v) is 9.29. The van der Waals surface area contributed by atoms with Crippen LogP contribution in [0.25, 0.3) is 0 Å². The van der Waals surface area contributed by atoms with Gasteiger partial charge in [0.25, 0.3) is 10.1 Å². The van der Waals surface area contributed by atoms with E-state index in [-0.39, 0.29) is 22.6 Å². The highest BCUT2D eigenvalue weighted by Gasteiger charge is 2.44. The third-order valence-electron chi connectivity index (χ3n) is 3.01. The molecule has 0 radical (unpaired) electrons. The molecule has 1 N–H and O–H groups in total. The summed E-state index contributed by atoms with van der Waals surface area (Å²) in [6.07, 6.45) is -8.77. The fourth-order valence-electron chi connectivity index (χ4n) is 2.04. The average Bonchev–Trinajstić information content (AvgIpc) is 2.37. The molecule has 0 aromatic heterocycles. The second-order valence-electron chi connectivity index (χ2n) is 6.85. The van der Waals surface area contributed by atoms with Crippen LogP contribution in [0.15, 0.2) is 12.1 Å². The molecular weight excluding hydrogens is 393 g/mol. The Hall–Kier alpha value is -2.01. The van der Waals surface area contributed by atoms with E-state index in [0.29, 0.717) is 0 Å². The van der Waals surface area contributed by atoms with Crippen LogP contribution >= 0.6 is 0 Å². The number of alkyl halides is 3. The largest absolute Gasteiger partial charge is 0.514 e. The van der Waals surface area contributed by atoms with Crippen molar-refractivity contribution in [1.82, 2.24) is 0 Å². The topological polar surface area (TPSA) is 99.1 Å². The third-order valence-corrected chi connectivity index (χ3v) is 3.74. The van der Waals surface area contributed by atoms with Crippen molar-refractivity contribution in [2.24, 2.45) is 0 Å². The first-order valence-electron chi connectivity index (χ1n) is 7.68. The summed E-state index contributed by atoms with van der Waals surface area (Å²) in [6.45, 7) is 7.84. The lowest BCUT2D eigenvalue weighted by Gasteiger charge is -2.22. The van der Waals surface area contributed by atoms with Crippen LogP contribution in [0.1, 0.15) is 31.9 Å². The highest BCUT2D eigenvalue weighted by Crippen LogP contribution is 2.32. The monoisotopic (exact) mass is 414 g/mol. The number of aryl methyl sites for hydroxylation is 2. The zero-order valence-corrected chi connectivity index (χ0v) is 16.2. The molecule has 0 aliphatic carbocycles. The molecule has 154 valence electrons. The molecule has 0 saturated heterocycles. The maximum absolute atomic E-state index is 13.0. The summed E-state index contributed by atoms with van der Waals surface area (Å²) in [6, 6.07) is 2.30. The van der Waals surface area contributed by atoms with E-state index in [1.165, 1.54) is 13.8 Å². The van der Waals surface area contributed by atoms with Crippen molar-refractivity contribution in [3.63, 3.8) is 0 Å². The smallest absolute Gasteiger partial charge is 0.480 e. The minimum absolute atomic E-state index is 0.0786. The number of carbonyl (C=O) groups excluding carboxylic acids is 1. The van der Waals surface area contributed by atoms with E-state index in [4.69, 9.17) is 18.8 Å². The molecule has 0 bridgehead atoms. The second kappa shape index (κ2) is 7.93. The van der Waals surface area contributed by atoms with Gasteiger partial charge in [0, 0.05) is 0 Å². The Kier molecular flexibility index (Phi) is 6.76. The van der Waals surface area contributed by atoms with E-state index in [1.54, 1.807) is 20.8 Å². The van der Waals surface area contributed by atoms with Crippen LogP contribution in [-0.2, 0) is 14.9 Å². The molecule has 1 atom stereocenters. The van der Waals surface area contributed by atoms with Gasteiger partial charge in [0.1, 0.15) is 22.9 Å². The van der Waals surface area contributed by atoms with E-state index < -0.39 is 39.9 Å². The Labute approximate surface area is 155 Å². The minimum Gasteiger partial charge on any atom is -0.480 e. The fourth-order valence-corrected chi connectivity index (χ4v) is 2.68. The highest BCUT2D eigenvalue weighted by molar-refractivity contribution is 7.85. The number of halogens is 3. The fraction of sp³-hybridized carbons (Fsp3) is 0.562. The maximum Gasteiger partial charge on any atom is 0.514 e. The van der Waals surface area contributed by atoms with E-state index in [0.717, 1.165) is 12.1 Å². The lowest BCUT2D eigenvalue weighted by Crippen LogP contribution is -2.40. The SMILES string of the molecule is Cc1cc(OC(CS(=O)(=O)O)C(F)(F)F)cc(C)c1OC(=O)OC(C)(C)C. The van der Waals surface area contributed by atoms with Gasteiger partial charge in [-0.2, -0.15) is 21.6 Å². The summed E-state index contributed by atoms with van der Waals surface area (Å²) in [5.41, 5.74) is -0.259. The normalized spacial score (nSPS) is 13.8. The lowest BCUT2D eigenvalue weighted by atomic mass is 10.1. The number of hydrogen-bond acceptors (Lipinski definition) is 6. The quantitative estimate of drug-likeness (QED) is 0.444. The van der Waals surface area contributed by atoms with Gasteiger partial charge in [-0.15, -0.1) is 0 Å². The van der Waals surface area contributed by atoms with Crippen molar-refractivity contribution < 1.29 is 45.1 Å². The van der Waals surface area contributed by atoms with Crippen LogP contribution in [0, 0.1) is 13.8 Å². The Morgan fingerprint density at radius 2 is 1.63 bits per heavy atom. The van der Waals surface area contributed by atoms with Crippen LogP contribution in [-0.4, -0.2) is 42.8 Å². The van der Waals surface area contributed by atoms with Gasteiger partial charge < -0.3 is 14.2 Å². The Bertz CT molecular complexity index is 772. The van der Waals surface area contributed by atoms with Gasteiger partial charge in [-0.3, -0.25) is 4.55 Å². The summed E-state index contributed by atoms with van der Waals surface area (Å²) in [7, 11) is -4.92. The molecule has 0 amide bonds. The third kappa shape index (κ3) is 8.04. The maximum atomic E-state index is 13.0. The molecule has 0 aliphatic heterocycles. The number of ether oxygens (including phenoxy) is 3. The summed E-state index contributed by atoms with van der Waals surface area (Å²) in [4.78, 5) is 11.8. The van der Waals surface area contributed by atoms with Gasteiger partial charge in [0.05, 0.1) is 0 Å². The van der Waals surface area contributed by atoms with Gasteiger partial charge in [0.15, 0.2) is 0 Å². The Morgan fingerprint density at radius 1 is 1.15 bits per heavy atom. The van der Waals surface area contributed by atoms with E-state index in [1.807, 2.05) is 0 Å². The molecule has 27 heavy (non-hydrogen) atoms. The summed E-state index contributed by atoms with van der Waals surface area (Å²) >= 11 is 0. The molecule has 0 heterocycles. The second-order valence-corrected chi connectivity index (χ2v) is 8.35. The molecule has 1 rings (SSSR count). The van der Waals surface area contributed by atoms with Crippen molar-refractivity contribution in [2.75, 3.05) is 5.75 Å². The first kappa shape index (κ1) is 23.0. The van der Waals surface area contributed by atoms with Crippen LogP contribution in [0.5, 0.6) is 11.5 Å². The van der Waals surface area contributed by atoms with E-state index >= 15 is 0 Å². The van der Waals surface area contributed by atoms with Crippen molar-refractivity contribution in [2.45, 2.75) is 52.5 Å². The Morgan fingerprint density at radius 3 is 2.00 bits per heavy atom. The summed E-state index contributed by atoms with van der Waals surface area (Å²) in [5.74, 6) is -1.87. The number of carbonyl (C=O) groups is 1. The molecule has 1 aromatic rings. The van der Waals surface area contributed by atoms with Gasteiger partial charge in [0.2, 0.25) is 6.10 Å². The molecule has 1 unspecified atom stereocenters. The highest BCUT2D eigenvalue weighted by atomic mass is 32.2. The molecule has 11 heteroatoms. The molecular formula is C16H21F3O7S. The van der Waals surface area contributed by atoms with E-state index in [2.05, 4.69) is 0 Å². The van der Waals surface area contributed by atoms with Gasteiger partial charge >= 0.3 is 12.3 Å². The first-order chi connectivity index (χ1) is 12.0. The predicted octanol–water partition coefficient (Wildman–Crippen LogP) is 3.81. The molecule has 7 nitrogen and oxygen atoms in total. The molecule has 0 spiro atoms. The number of benzene rings is 1. The zero-order valence-electron chi connectivity index (χ0n) is 15.4. The van der Waals surface area contributed by atoms with Crippen LogP contribution < -0.4 is 9.47 Å². The average molecular weight is 414 g/mol. The van der Waals surface area contributed by atoms with Gasteiger partial charge in [-0.05, 0) is 57.9 Å². The van der Waals surface area contributed by atoms with Crippen LogP contribution in [0.4, 0.5) is 18.0 Å². The standard InChI is InChI=1S/C16H21F3O7S/c1-9-6-11(24-12(16(17,18)19)8-27(21,22)23)7-10(2)13(9)25-14(20)26-15(3,4)5/h6-7,12H,8H2,1-5H3,(H,21,22,23). The van der Waals surface area contributed by atoms with Crippen molar-refractivity contribution in [3.8, 4) is 11.5 Å². The Balaban J connectivity index is 3.07. The van der Waals surface area contributed by atoms with Crippen molar-refractivity contribution >= 4 is 16.3 Å². The zero-order chi connectivity index (χ0) is 21.2. The minimum atomic E-state index is -5.02. The molecule has 0 aliphatic rings. The van der Waals surface area contributed by atoms with Crippen LogP contribution in [0.2, 0.25) is 0 Å². The lowest BCUT2D eigenvalue weighted by molar-refractivity contribution is -0.188. The molecule has 1 aromatic carbocycles. The number of rotatable bonds is 5. The van der Waals surface area contributed by atoms with Gasteiger partial charge in [-0.25, -0.2) is 4.79 Å². The van der Waals surface area contributed by atoms with E-state index in [9.17, 15) is 26.4 Å². The predicted molar refractivity (Wildman–Crippen MR) is 89.7 cm³/mol. The summed E-state index contributed by atoms with van der Waals surface area (Å²) in [5, 5.41) is 0. The van der Waals surface area contributed by atoms with Crippen LogP contribution in [0.3, 0.4) is 0 Å². The van der Waals surface area contributed by atoms with Crippen molar-refractivity contribution in [3.05, 3.63) is 23.3 Å². The van der Waals surface area contributed by atoms with Crippen molar-refractivity contribution in [1.29, 1.82) is 0 Å².